The summed E-state index contributed by atoms with van der Waals surface area (Å²) in [5.41, 5.74) is 3.27. The largest absolute Gasteiger partial charge is 0.473 e. The highest BCUT2D eigenvalue weighted by Gasteiger charge is 2.06. The number of nitrogens with one attached hydrogen (secondary N) is 1. The van der Waals surface area contributed by atoms with Crippen LogP contribution in [0.3, 0.4) is 0 Å². The van der Waals surface area contributed by atoms with Crippen molar-refractivity contribution in [2.45, 2.75) is 33.1 Å². The van der Waals surface area contributed by atoms with Gasteiger partial charge < -0.3 is 14.8 Å². The zero-order valence-corrected chi connectivity index (χ0v) is 12.8. The molecule has 0 unspecified atom stereocenters. The quantitative estimate of drug-likeness (QED) is 0.844. The van der Waals surface area contributed by atoms with E-state index < -0.39 is 0 Å². The molecule has 2 rings (SSSR count). The summed E-state index contributed by atoms with van der Waals surface area (Å²) in [6.45, 7) is 5.33. The highest BCUT2D eigenvalue weighted by atomic mass is 16.5. The van der Waals surface area contributed by atoms with E-state index in [0.717, 1.165) is 12.2 Å². The van der Waals surface area contributed by atoms with Crippen molar-refractivity contribution in [3.63, 3.8) is 0 Å². The average molecular weight is 286 g/mol. The Balaban J connectivity index is 2.04. The van der Waals surface area contributed by atoms with Gasteiger partial charge in [0, 0.05) is 19.9 Å². The summed E-state index contributed by atoms with van der Waals surface area (Å²) in [4.78, 5) is 4.27. The Kier molecular flexibility index (Phi) is 5.58. The molecule has 21 heavy (non-hydrogen) atoms. The van der Waals surface area contributed by atoms with Crippen LogP contribution in [0, 0.1) is 0 Å². The molecule has 0 atom stereocenters. The number of pyridine rings is 1. The van der Waals surface area contributed by atoms with Crippen LogP contribution in [-0.2, 0) is 17.9 Å². The molecule has 0 saturated carbocycles. The molecule has 1 N–H and O–H groups in total. The van der Waals surface area contributed by atoms with E-state index in [1.807, 2.05) is 32.0 Å². The van der Waals surface area contributed by atoms with Gasteiger partial charge >= 0.3 is 0 Å². The molecule has 0 aliphatic carbocycles. The van der Waals surface area contributed by atoms with Crippen LogP contribution >= 0.6 is 0 Å². The Morgan fingerprint density at radius 1 is 1.14 bits per heavy atom. The van der Waals surface area contributed by atoms with Gasteiger partial charge in [-0.15, -0.1) is 0 Å². The van der Waals surface area contributed by atoms with Gasteiger partial charge in [0.1, 0.15) is 0 Å². The summed E-state index contributed by atoms with van der Waals surface area (Å²) in [5.74, 6) is 0.639. The number of hydrogen-bond acceptors (Lipinski definition) is 4. The molecule has 0 aliphatic rings. The van der Waals surface area contributed by atoms with E-state index in [2.05, 4.69) is 28.5 Å². The smallest absolute Gasteiger partial charge is 0.237 e. The minimum Gasteiger partial charge on any atom is -0.473 e. The monoisotopic (exact) mass is 286 g/mol. The summed E-state index contributed by atoms with van der Waals surface area (Å²) in [5, 5.41) is 3.38. The van der Waals surface area contributed by atoms with Crippen LogP contribution in [0.1, 0.15) is 25.0 Å². The first-order valence-electron chi connectivity index (χ1n) is 7.11. The maximum atomic E-state index is 5.70. The number of ether oxygens (including phenoxy) is 2. The highest BCUT2D eigenvalue weighted by Crippen LogP contribution is 2.22. The van der Waals surface area contributed by atoms with Gasteiger partial charge in [-0.25, -0.2) is 4.98 Å². The topological polar surface area (TPSA) is 43.4 Å². The van der Waals surface area contributed by atoms with E-state index in [9.17, 15) is 0 Å². The Hall–Kier alpha value is -2.07. The Morgan fingerprint density at radius 2 is 1.95 bits per heavy atom. The molecule has 112 valence electrons. The van der Waals surface area contributed by atoms with Crippen molar-refractivity contribution >= 4 is 5.69 Å². The van der Waals surface area contributed by atoms with Crippen LogP contribution in [0.4, 0.5) is 5.69 Å². The number of benzene rings is 1. The number of aromatic nitrogens is 1. The van der Waals surface area contributed by atoms with Crippen molar-refractivity contribution < 1.29 is 9.47 Å². The van der Waals surface area contributed by atoms with Gasteiger partial charge in [0.25, 0.3) is 0 Å². The molecule has 0 spiro atoms. The van der Waals surface area contributed by atoms with Crippen LogP contribution in [0.2, 0.25) is 0 Å². The normalized spacial score (nSPS) is 10.7. The van der Waals surface area contributed by atoms with Crippen molar-refractivity contribution in [3.8, 4) is 5.88 Å². The van der Waals surface area contributed by atoms with Gasteiger partial charge in [-0.05, 0) is 37.1 Å². The molecule has 0 radical (unpaired) electrons. The van der Waals surface area contributed by atoms with Crippen LogP contribution in [-0.4, -0.2) is 18.2 Å². The lowest BCUT2D eigenvalue weighted by Crippen LogP contribution is -2.10. The molecule has 2 aromatic rings. The fourth-order valence-corrected chi connectivity index (χ4v) is 2.04. The van der Waals surface area contributed by atoms with Crippen LogP contribution in [0.25, 0.3) is 0 Å². The van der Waals surface area contributed by atoms with E-state index in [0.29, 0.717) is 12.5 Å². The molecule has 4 heteroatoms. The lowest BCUT2D eigenvalue weighted by atomic mass is 10.1. The van der Waals surface area contributed by atoms with Crippen LogP contribution in [0.15, 0.2) is 42.6 Å². The van der Waals surface area contributed by atoms with Gasteiger partial charge in [-0.1, -0.05) is 24.3 Å². The average Bonchev–Trinajstić information content (AvgIpc) is 2.47. The minimum atomic E-state index is 0.102. The summed E-state index contributed by atoms with van der Waals surface area (Å²) in [6.07, 6.45) is 1.84. The van der Waals surface area contributed by atoms with Gasteiger partial charge in [0.05, 0.1) is 18.4 Å². The molecule has 0 aliphatic heterocycles. The highest BCUT2D eigenvalue weighted by molar-refractivity contribution is 5.52. The first-order chi connectivity index (χ1) is 10.2. The van der Waals surface area contributed by atoms with Gasteiger partial charge in [-0.3, -0.25) is 0 Å². The predicted octanol–water partition coefficient (Wildman–Crippen LogP) is 3.63. The molecule has 4 nitrogen and oxygen atoms in total. The maximum Gasteiger partial charge on any atom is 0.237 e. The fraction of sp³-hybridized carbons (Fsp3) is 0.353. The van der Waals surface area contributed by atoms with Crippen LogP contribution < -0.4 is 10.1 Å². The number of anilines is 1. The number of hydrogen-bond donors (Lipinski definition) is 1. The molecule has 0 saturated heterocycles. The third-order valence-electron chi connectivity index (χ3n) is 2.90. The predicted molar refractivity (Wildman–Crippen MR) is 84.5 cm³/mol. The van der Waals surface area contributed by atoms with Crippen molar-refractivity contribution in [1.29, 1.82) is 0 Å². The Labute approximate surface area is 126 Å². The van der Waals surface area contributed by atoms with Gasteiger partial charge in [0.15, 0.2) is 0 Å². The maximum absolute atomic E-state index is 5.70. The minimum absolute atomic E-state index is 0.102. The van der Waals surface area contributed by atoms with Crippen molar-refractivity contribution in [3.05, 3.63) is 53.7 Å². The number of methoxy groups -OCH3 is 1. The summed E-state index contributed by atoms with van der Waals surface area (Å²) >= 11 is 0. The second-order valence-corrected chi connectivity index (χ2v) is 5.13. The molecular weight excluding hydrogens is 264 g/mol. The first kappa shape index (κ1) is 15.3. The molecule has 0 amide bonds. The second kappa shape index (κ2) is 7.64. The summed E-state index contributed by atoms with van der Waals surface area (Å²) < 4.78 is 10.9. The number of nitrogens with zero attached hydrogens (tertiary/aromatic N) is 1. The molecule has 1 heterocycles. The van der Waals surface area contributed by atoms with Gasteiger partial charge in [-0.2, -0.15) is 0 Å². The summed E-state index contributed by atoms with van der Waals surface area (Å²) in [6, 6.07) is 12.2. The SMILES string of the molecule is COCc1cccc(CNc2cccnc2OC(C)C)c1. The zero-order chi connectivity index (χ0) is 15.1. The van der Waals surface area contributed by atoms with E-state index in [1.54, 1.807) is 13.3 Å². The third-order valence-corrected chi connectivity index (χ3v) is 2.90. The van der Waals surface area contributed by atoms with Crippen molar-refractivity contribution in [2.24, 2.45) is 0 Å². The third kappa shape index (κ3) is 4.76. The van der Waals surface area contributed by atoms with Crippen molar-refractivity contribution in [1.82, 2.24) is 4.98 Å². The molecule has 0 bridgehead atoms. The number of rotatable bonds is 7. The second-order valence-electron chi connectivity index (χ2n) is 5.13. The first-order valence-corrected chi connectivity index (χ1v) is 7.11. The Morgan fingerprint density at radius 3 is 2.71 bits per heavy atom. The Bertz CT molecular complexity index is 570. The van der Waals surface area contributed by atoms with E-state index in [-0.39, 0.29) is 6.10 Å². The van der Waals surface area contributed by atoms with E-state index >= 15 is 0 Å². The van der Waals surface area contributed by atoms with Crippen molar-refractivity contribution in [2.75, 3.05) is 12.4 Å². The summed E-state index contributed by atoms with van der Waals surface area (Å²) in [7, 11) is 1.70. The van der Waals surface area contributed by atoms with E-state index in [4.69, 9.17) is 9.47 Å². The van der Waals surface area contributed by atoms with Crippen LogP contribution in [0.5, 0.6) is 5.88 Å². The van der Waals surface area contributed by atoms with E-state index in [1.165, 1.54) is 11.1 Å². The lowest BCUT2D eigenvalue weighted by Gasteiger charge is -2.14. The lowest BCUT2D eigenvalue weighted by molar-refractivity contribution is 0.185. The fourth-order valence-electron chi connectivity index (χ4n) is 2.04. The van der Waals surface area contributed by atoms with Gasteiger partial charge in [0.2, 0.25) is 5.88 Å². The molecule has 0 fully saturated rings. The zero-order valence-electron chi connectivity index (χ0n) is 12.8. The molecular formula is C17H22N2O2. The molecule has 1 aromatic carbocycles. The standard InChI is InChI=1S/C17H22N2O2/c1-13(2)21-17-16(8-5-9-18-17)19-11-14-6-4-7-15(10-14)12-20-3/h4-10,13,19H,11-12H2,1-3H3. The molecule has 1 aromatic heterocycles.